The zero-order valence-corrected chi connectivity index (χ0v) is 11.5. The van der Waals surface area contributed by atoms with Gasteiger partial charge in [-0.25, -0.2) is 8.42 Å². The maximum absolute atomic E-state index is 11.8. The van der Waals surface area contributed by atoms with Gasteiger partial charge in [-0.05, 0) is 18.6 Å². The minimum Gasteiger partial charge on any atom is -0.369 e. The molecule has 0 spiro atoms. The SMILES string of the molecule is CCCCCN1CCS(=O)(=O)Nc2ccccc21. The van der Waals surface area contributed by atoms with Crippen molar-refractivity contribution >= 4 is 21.4 Å². The van der Waals surface area contributed by atoms with Gasteiger partial charge in [0.1, 0.15) is 0 Å². The highest BCUT2D eigenvalue weighted by atomic mass is 32.2. The van der Waals surface area contributed by atoms with E-state index >= 15 is 0 Å². The maximum atomic E-state index is 11.8. The fraction of sp³-hybridized carbons (Fsp3) is 0.538. The van der Waals surface area contributed by atoms with E-state index in [1.807, 2.05) is 24.3 Å². The molecule has 0 fully saturated rings. The Morgan fingerprint density at radius 1 is 1.28 bits per heavy atom. The third-order valence-corrected chi connectivity index (χ3v) is 4.42. The van der Waals surface area contributed by atoms with Crippen molar-refractivity contribution in [1.82, 2.24) is 0 Å². The number of nitrogens with one attached hydrogen (secondary N) is 1. The molecule has 0 aliphatic carbocycles. The van der Waals surface area contributed by atoms with Gasteiger partial charge >= 0.3 is 0 Å². The lowest BCUT2D eigenvalue weighted by Crippen LogP contribution is -2.28. The van der Waals surface area contributed by atoms with Crippen LogP contribution in [0, 0.1) is 0 Å². The van der Waals surface area contributed by atoms with E-state index in [9.17, 15) is 8.42 Å². The number of sulfonamides is 1. The van der Waals surface area contributed by atoms with E-state index < -0.39 is 10.0 Å². The molecule has 2 rings (SSSR count). The summed E-state index contributed by atoms with van der Waals surface area (Å²) in [5.74, 6) is 0.161. The van der Waals surface area contributed by atoms with Crippen LogP contribution in [0.1, 0.15) is 26.2 Å². The molecule has 0 bridgehead atoms. The number of nitrogens with zero attached hydrogens (tertiary/aromatic N) is 1. The van der Waals surface area contributed by atoms with E-state index in [0.717, 1.165) is 18.7 Å². The number of benzene rings is 1. The molecule has 1 heterocycles. The molecule has 1 aliphatic rings. The van der Waals surface area contributed by atoms with E-state index in [1.54, 1.807) is 0 Å². The lowest BCUT2D eigenvalue weighted by molar-refractivity contribution is 0.599. The van der Waals surface area contributed by atoms with Gasteiger partial charge in [0, 0.05) is 13.1 Å². The van der Waals surface area contributed by atoms with Crippen LogP contribution in [0.4, 0.5) is 11.4 Å². The van der Waals surface area contributed by atoms with Crippen LogP contribution in [-0.2, 0) is 10.0 Å². The fourth-order valence-electron chi connectivity index (χ4n) is 2.19. The molecule has 0 saturated carbocycles. The zero-order chi connectivity index (χ0) is 13.0. The second-order valence-corrected chi connectivity index (χ2v) is 6.47. The summed E-state index contributed by atoms with van der Waals surface area (Å²) in [6, 6.07) is 7.61. The van der Waals surface area contributed by atoms with Crippen molar-refractivity contribution < 1.29 is 8.42 Å². The average Bonchev–Trinajstić information content (AvgIpc) is 2.46. The summed E-state index contributed by atoms with van der Waals surface area (Å²) in [4.78, 5) is 2.17. The molecule has 0 aromatic heterocycles. The Kier molecular flexibility index (Phi) is 4.11. The molecule has 1 aromatic rings. The van der Waals surface area contributed by atoms with Crippen LogP contribution in [0.5, 0.6) is 0 Å². The largest absolute Gasteiger partial charge is 0.369 e. The minimum absolute atomic E-state index is 0.161. The van der Waals surface area contributed by atoms with Gasteiger partial charge in [-0.15, -0.1) is 0 Å². The predicted octanol–water partition coefficient (Wildman–Crippen LogP) is 2.44. The molecule has 100 valence electrons. The quantitative estimate of drug-likeness (QED) is 0.853. The van der Waals surface area contributed by atoms with Crippen molar-refractivity contribution in [2.75, 3.05) is 28.5 Å². The lowest BCUT2D eigenvalue weighted by Gasteiger charge is -2.23. The predicted molar refractivity (Wildman–Crippen MR) is 75.6 cm³/mol. The Bertz CT molecular complexity index is 499. The number of anilines is 2. The molecule has 5 heteroatoms. The van der Waals surface area contributed by atoms with Crippen molar-refractivity contribution in [3.05, 3.63) is 24.3 Å². The smallest absolute Gasteiger partial charge is 0.234 e. The molecule has 0 atom stereocenters. The summed E-state index contributed by atoms with van der Waals surface area (Å²) >= 11 is 0. The molecule has 0 unspecified atom stereocenters. The van der Waals surface area contributed by atoms with Crippen LogP contribution in [0.15, 0.2) is 24.3 Å². The van der Waals surface area contributed by atoms with Crippen molar-refractivity contribution in [3.63, 3.8) is 0 Å². The number of para-hydroxylation sites is 2. The first-order valence-electron chi connectivity index (χ1n) is 6.47. The highest BCUT2D eigenvalue weighted by molar-refractivity contribution is 7.92. The second kappa shape index (κ2) is 5.61. The number of hydrogen-bond acceptors (Lipinski definition) is 3. The molecule has 1 aromatic carbocycles. The Labute approximate surface area is 109 Å². The van der Waals surface area contributed by atoms with Crippen LogP contribution in [0.3, 0.4) is 0 Å². The van der Waals surface area contributed by atoms with E-state index in [0.29, 0.717) is 12.2 Å². The number of hydrogen-bond donors (Lipinski definition) is 1. The first kappa shape index (κ1) is 13.2. The van der Waals surface area contributed by atoms with Gasteiger partial charge in [0.2, 0.25) is 10.0 Å². The molecule has 0 amide bonds. The van der Waals surface area contributed by atoms with Gasteiger partial charge in [0.05, 0.1) is 17.1 Å². The van der Waals surface area contributed by atoms with Gasteiger partial charge in [0.15, 0.2) is 0 Å². The standard InChI is InChI=1S/C13H20N2O2S/c1-2-3-6-9-15-10-11-18(16,17)14-12-7-4-5-8-13(12)15/h4-5,7-8,14H,2-3,6,9-11H2,1H3. The van der Waals surface area contributed by atoms with Crippen LogP contribution in [0.2, 0.25) is 0 Å². The van der Waals surface area contributed by atoms with Gasteiger partial charge in [-0.3, -0.25) is 4.72 Å². The average molecular weight is 268 g/mol. The van der Waals surface area contributed by atoms with Gasteiger partial charge in [-0.2, -0.15) is 0 Å². The highest BCUT2D eigenvalue weighted by Crippen LogP contribution is 2.29. The number of fused-ring (bicyclic) bond motifs is 1. The molecule has 0 saturated heterocycles. The lowest BCUT2D eigenvalue weighted by atomic mass is 10.2. The fourth-order valence-corrected chi connectivity index (χ4v) is 3.26. The summed E-state index contributed by atoms with van der Waals surface area (Å²) in [6.45, 7) is 3.65. The van der Waals surface area contributed by atoms with Gasteiger partial charge in [-0.1, -0.05) is 31.9 Å². The van der Waals surface area contributed by atoms with Crippen LogP contribution >= 0.6 is 0 Å². The van der Waals surface area contributed by atoms with Crippen molar-refractivity contribution in [2.45, 2.75) is 26.2 Å². The van der Waals surface area contributed by atoms with Crippen LogP contribution < -0.4 is 9.62 Å². The summed E-state index contributed by atoms with van der Waals surface area (Å²) in [5.41, 5.74) is 1.70. The maximum Gasteiger partial charge on any atom is 0.234 e. The van der Waals surface area contributed by atoms with E-state index in [1.165, 1.54) is 12.8 Å². The number of unbranched alkanes of at least 4 members (excludes halogenated alkanes) is 2. The second-order valence-electron chi connectivity index (χ2n) is 4.63. The van der Waals surface area contributed by atoms with Crippen molar-refractivity contribution in [3.8, 4) is 0 Å². The summed E-state index contributed by atoms with van der Waals surface area (Å²) in [5, 5.41) is 0. The highest BCUT2D eigenvalue weighted by Gasteiger charge is 2.21. The third kappa shape index (κ3) is 3.16. The third-order valence-electron chi connectivity index (χ3n) is 3.17. The first-order valence-corrected chi connectivity index (χ1v) is 8.12. The Hall–Kier alpha value is -1.23. The first-order chi connectivity index (χ1) is 8.62. The summed E-state index contributed by atoms with van der Waals surface area (Å²) in [6.07, 6.45) is 3.45. The molecular formula is C13H20N2O2S. The van der Waals surface area contributed by atoms with Crippen LogP contribution in [0.25, 0.3) is 0 Å². The summed E-state index contributed by atoms with van der Waals surface area (Å²) in [7, 11) is -3.19. The number of rotatable bonds is 4. The van der Waals surface area contributed by atoms with Crippen molar-refractivity contribution in [2.24, 2.45) is 0 Å². The molecule has 1 N–H and O–H groups in total. The topological polar surface area (TPSA) is 49.4 Å². The van der Waals surface area contributed by atoms with Crippen LogP contribution in [-0.4, -0.2) is 27.3 Å². The zero-order valence-electron chi connectivity index (χ0n) is 10.7. The van der Waals surface area contributed by atoms with Gasteiger partial charge in [0.25, 0.3) is 0 Å². The minimum atomic E-state index is -3.19. The van der Waals surface area contributed by atoms with Gasteiger partial charge < -0.3 is 4.90 Å². The Balaban J connectivity index is 2.22. The van der Waals surface area contributed by atoms with E-state index in [4.69, 9.17) is 0 Å². The molecule has 4 nitrogen and oxygen atoms in total. The summed E-state index contributed by atoms with van der Waals surface area (Å²) < 4.78 is 26.2. The molecular weight excluding hydrogens is 248 g/mol. The molecule has 0 radical (unpaired) electrons. The van der Waals surface area contributed by atoms with E-state index in [-0.39, 0.29) is 5.75 Å². The van der Waals surface area contributed by atoms with E-state index in [2.05, 4.69) is 16.5 Å². The monoisotopic (exact) mass is 268 g/mol. The normalized spacial score (nSPS) is 17.7. The van der Waals surface area contributed by atoms with Crippen molar-refractivity contribution in [1.29, 1.82) is 0 Å². The Morgan fingerprint density at radius 2 is 2.06 bits per heavy atom. The molecule has 1 aliphatic heterocycles. The molecule has 18 heavy (non-hydrogen) atoms. The Morgan fingerprint density at radius 3 is 2.83 bits per heavy atom.